The van der Waals surface area contributed by atoms with Gasteiger partial charge in [0.05, 0.1) is 6.10 Å². The summed E-state index contributed by atoms with van der Waals surface area (Å²) in [5.41, 5.74) is 0.660. The molecule has 2 N–H and O–H groups in total. The summed E-state index contributed by atoms with van der Waals surface area (Å²) in [5.74, 6) is -0.0590. The maximum absolute atomic E-state index is 12.0. The minimum atomic E-state index is -0.681. The van der Waals surface area contributed by atoms with Crippen LogP contribution in [0.3, 0.4) is 0 Å². The van der Waals surface area contributed by atoms with Crippen molar-refractivity contribution in [2.45, 2.75) is 38.2 Å². The van der Waals surface area contributed by atoms with Gasteiger partial charge in [0.25, 0.3) is 5.91 Å². The standard InChI is InChI=1S/C15H25N3O3/c1-11-9-12(10-14(19)21-11)17(2)8-6-16-15(20)13-5-4-7-18(13)3/h4-5,7,11-12,14,19H,6,8-10H2,1-3H3,(H,16,20). The Morgan fingerprint density at radius 1 is 1.57 bits per heavy atom. The summed E-state index contributed by atoms with van der Waals surface area (Å²) in [6.45, 7) is 3.31. The van der Waals surface area contributed by atoms with Crippen molar-refractivity contribution in [1.29, 1.82) is 0 Å². The number of nitrogens with one attached hydrogen (secondary N) is 1. The van der Waals surface area contributed by atoms with Gasteiger partial charge in [0.1, 0.15) is 5.69 Å². The van der Waals surface area contributed by atoms with E-state index in [-0.39, 0.29) is 18.1 Å². The monoisotopic (exact) mass is 295 g/mol. The Balaban J connectivity index is 1.75. The number of carbonyl (C=O) groups excluding carboxylic acids is 1. The van der Waals surface area contributed by atoms with Gasteiger partial charge >= 0.3 is 0 Å². The molecular formula is C15H25N3O3. The molecule has 0 aromatic carbocycles. The van der Waals surface area contributed by atoms with Crippen LogP contribution >= 0.6 is 0 Å². The van der Waals surface area contributed by atoms with E-state index in [2.05, 4.69) is 10.2 Å². The Bertz CT molecular complexity index is 464. The number of hydrogen-bond acceptors (Lipinski definition) is 4. The largest absolute Gasteiger partial charge is 0.368 e. The third kappa shape index (κ3) is 4.30. The highest BCUT2D eigenvalue weighted by Crippen LogP contribution is 2.21. The molecule has 1 amide bonds. The molecule has 1 aliphatic rings. The lowest BCUT2D eigenvalue weighted by Crippen LogP contribution is -2.45. The number of aliphatic hydroxyl groups excluding tert-OH is 1. The first kappa shape index (κ1) is 16.0. The van der Waals surface area contributed by atoms with E-state index in [4.69, 9.17) is 4.74 Å². The maximum Gasteiger partial charge on any atom is 0.267 e. The van der Waals surface area contributed by atoms with Crippen molar-refractivity contribution in [1.82, 2.24) is 14.8 Å². The molecule has 21 heavy (non-hydrogen) atoms. The van der Waals surface area contributed by atoms with Crippen molar-refractivity contribution < 1.29 is 14.6 Å². The second kappa shape index (κ2) is 7.06. The molecule has 3 atom stereocenters. The summed E-state index contributed by atoms with van der Waals surface area (Å²) in [6, 6.07) is 3.94. The highest BCUT2D eigenvalue weighted by atomic mass is 16.6. The van der Waals surface area contributed by atoms with Crippen LogP contribution in [0.5, 0.6) is 0 Å². The molecule has 1 saturated heterocycles. The number of aryl methyl sites for hydroxylation is 1. The van der Waals surface area contributed by atoms with E-state index in [0.29, 0.717) is 18.7 Å². The smallest absolute Gasteiger partial charge is 0.267 e. The predicted molar refractivity (Wildman–Crippen MR) is 80.0 cm³/mol. The third-order valence-corrected chi connectivity index (χ3v) is 4.02. The number of aromatic nitrogens is 1. The van der Waals surface area contributed by atoms with Gasteiger partial charge in [-0.3, -0.25) is 4.79 Å². The lowest BCUT2D eigenvalue weighted by Gasteiger charge is -2.36. The molecule has 0 spiro atoms. The highest BCUT2D eigenvalue weighted by Gasteiger charge is 2.28. The lowest BCUT2D eigenvalue weighted by molar-refractivity contribution is -0.173. The van der Waals surface area contributed by atoms with Crippen molar-refractivity contribution in [3.8, 4) is 0 Å². The molecule has 1 aromatic rings. The summed E-state index contributed by atoms with van der Waals surface area (Å²) in [4.78, 5) is 14.2. The number of aliphatic hydroxyl groups is 1. The van der Waals surface area contributed by atoms with Crippen LogP contribution < -0.4 is 5.32 Å². The van der Waals surface area contributed by atoms with Crippen LogP contribution in [-0.4, -0.2) is 59.1 Å². The number of hydrogen-bond donors (Lipinski definition) is 2. The molecule has 0 saturated carbocycles. The number of ether oxygens (including phenoxy) is 1. The molecule has 3 unspecified atom stereocenters. The SMILES string of the molecule is CC1CC(N(C)CCNC(=O)c2cccn2C)CC(O)O1. The summed E-state index contributed by atoms with van der Waals surface area (Å²) >= 11 is 0. The van der Waals surface area contributed by atoms with Crippen LogP contribution in [-0.2, 0) is 11.8 Å². The summed E-state index contributed by atoms with van der Waals surface area (Å²) in [5, 5.41) is 12.6. The van der Waals surface area contributed by atoms with Gasteiger partial charge in [-0.1, -0.05) is 0 Å². The Labute approximate surface area is 125 Å². The van der Waals surface area contributed by atoms with Gasteiger partial charge in [0.2, 0.25) is 0 Å². The van der Waals surface area contributed by atoms with Crippen LogP contribution in [0.4, 0.5) is 0 Å². The summed E-state index contributed by atoms with van der Waals surface area (Å²) in [7, 11) is 3.87. The predicted octanol–water partition coefficient (Wildman–Crippen LogP) is 0.573. The first-order chi connectivity index (χ1) is 9.97. The van der Waals surface area contributed by atoms with E-state index in [1.807, 2.05) is 33.3 Å². The molecule has 0 bridgehead atoms. The quantitative estimate of drug-likeness (QED) is 0.833. The second-order valence-corrected chi connectivity index (χ2v) is 5.77. The fourth-order valence-corrected chi connectivity index (χ4v) is 2.77. The average molecular weight is 295 g/mol. The van der Waals surface area contributed by atoms with Crippen LogP contribution in [0, 0.1) is 0 Å². The lowest BCUT2D eigenvalue weighted by atomic mass is 10.0. The number of nitrogens with zero attached hydrogens (tertiary/aromatic N) is 2. The first-order valence-corrected chi connectivity index (χ1v) is 7.40. The van der Waals surface area contributed by atoms with Gasteiger partial charge in [0.15, 0.2) is 6.29 Å². The molecule has 6 heteroatoms. The molecule has 0 aliphatic carbocycles. The zero-order valence-corrected chi connectivity index (χ0v) is 13.0. The van der Waals surface area contributed by atoms with Crippen molar-refractivity contribution in [2.24, 2.45) is 7.05 Å². The van der Waals surface area contributed by atoms with Crippen molar-refractivity contribution in [2.75, 3.05) is 20.1 Å². The number of carbonyl (C=O) groups is 1. The number of likely N-dealkylation sites (N-methyl/N-ethyl adjacent to an activating group) is 1. The molecule has 2 heterocycles. The Morgan fingerprint density at radius 3 is 2.95 bits per heavy atom. The van der Waals surface area contributed by atoms with Crippen LogP contribution in [0.15, 0.2) is 18.3 Å². The maximum atomic E-state index is 12.0. The van der Waals surface area contributed by atoms with Crippen molar-refractivity contribution >= 4 is 5.91 Å². The minimum Gasteiger partial charge on any atom is -0.368 e. The molecule has 0 radical (unpaired) electrons. The van der Waals surface area contributed by atoms with Gasteiger partial charge in [-0.15, -0.1) is 0 Å². The first-order valence-electron chi connectivity index (χ1n) is 7.40. The van der Waals surface area contributed by atoms with Crippen molar-refractivity contribution in [3.05, 3.63) is 24.0 Å². The van der Waals surface area contributed by atoms with E-state index in [1.165, 1.54) is 0 Å². The van der Waals surface area contributed by atoms with Gasteiger partial charge < -0.3 is 24.6 Å². The van der Waals surface area contributed by atoms with E-state index in [0.717, 1.165) is 13.0 Å². The molecule has 1 aromatic heterocycles. The van der Waals surface area contributed by atoms with Gasteiger partial charge in [0, 0.05) is 38.8 Å². The van der Waals surface area contributed by atoms with Gasteiger partial charge in [-0.25, -0.2) is 0 Å². The fraction of sp³-hybridized carbons (Fsp3) is 0.667. The average Bonchev–Trinajstić information content (AvgIpc) is 2.83. The van der Waals surface area contributed by atoms with Gasteiger partial charge in [-0.2, -0.15) is 0 Å². The van der Waals surface area contributed by atoms with E-state index in [1.54, 1.807) is 10.6 Å². The number of amides is 1. The molecule has 1 fully saturated rings. The zero-order chi connectivity index (χ0) is 15.4. The fourth-order valence-electron chi connectivity index (χ4n) is 2.77. The summed E-state index contributed by atoms with van der Waals surface area (Å²) < 4.78 is 7.13. The van der Waals surface area contributed by atoms with E-state index < -0.39 is 6.29 Å². The van der Waals surface area contributed by atoms with Crippen LogP contribution in [0.25, 0.3) is 0 Å². The van der Waals surface area contributed by atoms with Crippen LogP contribution in [0.2, 0.25) is 0 Å². The highest BCUT2D eigenvalue weighted by molar-refractivity contribution is 5.92. The Hall–Kier alpha value is -1.37. The Morgan fingerprint density at radius 2 is 2.33 bits per heavy atom. The second-order valence-electron chi connectivity index (χ2n) is 5.77. The van der Waals surface area contributed by atoms with Gasteiger partial charge in [-0.05, 0) is 32.5 Å². The van der Waals surface area contributed by atoms with Crippen molar-refractivity contribution in [3.63, 3.8) is 0 Å². The van der Waals surface area contributed by atoms with Crippen LogP contribution in [0.1, 0.15) is 30.3 Å². The third-order valence-electron chi connectivity index (χ3n) is 4.02. The normalized spacial score (nSPS) is 26.0. The zero-order valence-electron chi connectivity index (χ0n) is 13.0. The molecular weight excluding hydrogens is 270 g/mol. The molecule has 2 rings (SSSR count). The number of rotatable bonds is 5. The van der Waals surface area contributed by atoms with E-state index in [9.17, 15) is 9.90 Å². The Kier molecular flexibility index (Phi) is 5.39. The minimum absolute atomic E-state index is 0.0590. The van der Waals surface area contributed by atoms with E-state index >= 15 is 0 Å². The molecule has 118 valence electrons. The molecule has 1 aliphatic heterocycles. The summed E-state index contributed by atoms with van der Waals surface area (Å²) in [6.07, 6.45) is 2.76. The molecule has 6 nitrogen and oxygen atoms in total. The topological polar surface area (TPSA) is 66.7 Å².